The van der Waals surface area contributed by atoms with E-state index in [1.165, 1.54) is 96.3 Å². The van der Waals surface area contributed by atoms with E-state index in [0.29, 0.717) is 79.2 Å². The van der Waals surface area contributed by atoms with Gasteiger partial charge in [0.1, 0.15) is 5.41 Å². The second-order valence-electron chi connectivity index (χ2n) is 52.9. The molecule has 0 N–H and O–H groups in total. The number of hydrogen-bond donors (Lipinski definition) is 0. The van der Waals surface area contributed by atoms with Crippen molar-refractivity contribution in [2.45, 2.75) is 447 Å². The Morgan fingerprint density at radius 1 is 0.276 bits per heavy atom. The highest BCUT2D eigenvalue weighted by Gasteiger charge is 2.64. The molecule has 12 fully saturated rings. The van der Waals surface area contributed by atoms with Crippen molar-refractivity contribution in [2.24, 2.45) is 110 Å². The molecule has 8 heterocycles. The van der Waals surface area contributed by atoms with Crippen LogP contribution in [-0.2, 0) is 37.9 Å². The van der Waals surface area contributed by atoms with E-state index in [1.54, 1.807) is 20.8 Å². The van der Waals surface area contributed by atoms with Crippen molar-refractivity contribution in [3.05, 3.63) is 0 Å². The summed E-state index contributed by atoms with van der Waals surface area (Å²) in [5, 5.41) is 0. The van der Waals surface area contributed by atoms with Crippen LogP contribution in [0.4, 0.5) is 39.5 Å². The van der Waals surface area contributed by atoms with Crippen LogP contribution in [0.15, 0.2) is 0 Å². The number of alkyl halides is 9. The minimum Gasteiger partial charge on any atom is -0.381 e. The minimum atomic E-state index is -4.22. The third-order valence-corrected chi connectivity index (χ3v) is 22.8. The van der Waals surface area contributed by atoms with Crippen LogP contribution in [-0.4, -0.2) is 121 Å². The van der Waals surface area contributed by atoms with E-state index >= 15 is 0 Å². The van der Waals surface area contributed by atoms with Crippen LogP contribution in [0.5, 0.6) is 0 Å². The fraction of sp³-hybridized carbons (Fsp3) is 1.00. The second kappa shape index (κ2) is 43.0. The summed E-state index contributed by atoms with van der Waals surface area (Å²) < 4.78 is 154. The van der Waals surface area contributed by atoms with Crippen LogP contribution in [0.3, 0.4) is 0 Å². The van der Waals surface area contributed by atoms with Gasteiger partial charge >= 0.3 is 18.5 Å². The Morgan fingerprint density at radius 3 is 0.698 bits per heavy atom. The Balaban J connectivity index is 0.000000635. The first-order chi connectivity index (χ1) is 51.3. The van der Waals surface area contributed by atoms with Gasteiger partial charge in [-0.05, 0) is 205 Å². The fourth-order valence-corrected chi connectivity index (χ4v) is 16.5. The summed E-state index contributed by atoms with van der Waals surface area (Å²) in [6, 6.07) is 0. The third-order valence-electron chi connectivity index (χ3n) is 22.8. The molecule has 8 aliphatic heterocycles. The average Bonchev–Trinajstić information content (AvgIpc) is 1.53. The molecule has 12 aliphatic rings. The zero-order valence-electron chi connectivity index (χ0n) is 83.0. The Labute approximate surface area is 710 Å². The highest BCUT2D eigenvalue weighted by molar-refractivity contribution is 5.02. The fourth-order valence-electron chi connectivity index (χ4n) is 16.5. The predicted molar refractivity (Wildman–Crippen MR) is 469 cm³/mol. The van der Waals surface area contributed by atoms with Gasteiger partial charge in [-0.15, -0.1) is 0 Å². The SMILES string of the molecule is CC(C)(C)C1CC1.CC(C)(C)C1CCO1.CC(C)(C)C1COC1.CC(C)(C)CC1(C(F)(F)F)CC1.CC(C)(C)CC1(C(F)(F)F)CCO1.CC(C)(C)CC1(C(F)(F)F)COC1.CC(C)(C)CC1(C)CC1.CC(C)(C)CC1(C)CCO1.CC(C)(C)CC1(C)COC1.CC(C)(C)CC1CC1.CC(C)(C)CC1CCO1.CC(C)(C)CC1COC1. The predicted octanol–water partition coefficient (Wildman–Crippen LogP) is 31.2. The normalized spacial score (nSPS) is 25.3. The van der Waals surface area contributed by atoms with E-state index in [2.05, 4.69) is 208 Å². The van der Waals surface area contributed by atoms with Gasteiger partial charge in [0.05, 0.1) is 89.3 Å². The van der Waals surface area contributed by atoms with Gasteiger partial charge in [-0.2, -0.15) is 39.5 Å². The first-order valence-electron chi connectivity index (χ1n) is 45.3. The van der Waals surface area contributed by atoms with Crippen molar-refractivity contribution in [3.8, 4) is 0 Å². The second-order valence-corrected chi connectivity index (χ2v) is 52.9. The van der Waals surface area contributed by atoms with E-state index in [9.17, 15) is 39.5 Å². The zero-order valence-corrected chi connectivity index (χ0v) is 83.0. The molecule has 0 amide bonds. The smallest absolute Gasteiger partial charge is 0.381 e. The quantitative estimate of drug-likeness (QED) is 0.212. The highest BCUT2D eigenvalue weighted by atomic mass is 19.4. The number of halogens is 9. The van der Waals surface area contributed by atoms with Crippen LogP contribution in [0.25, 0.3) is 0 Å². The van der Waals surface area contributed by atoms with Gasteiger partial charge in [-0.25, -0.2) is 0 Å². The summed E-state index contributed by atoms with van der Waals surface area (Å²) in [5.74, 6) is 3.80. The molecule has 17 heteroatoms. The Bertz CT molecular complexity index is 2540. The van der Waals surface area contributed by atoms with Crippen molar-refractivity contribution < 1.29 is 77.4 Å². The molecule has 0 aromatic rings. The van der Waals surface area contributed by atoms with Crippen LogP contribution >= 0.6 is 0 Å². The summed E-state index contributed by atoms with van der Waals surface area (Å²) in [6.07, 6.45) is 10.4. The largest absolute Gasteiger partial charge is 0.417 e. The highest BCUT2D eigenvalue weighted by Crippen LogP contribution is 2.63. The van der Waals surface area contributed by atoms with E-state index in [1.807, 2.05) is 41.5 Å². The summed E-state index contributed by atoms with van der Waals surface area (Å²) in [4.78, 5) is 0. The van der Waals surface area contributed by atoms with Crippen LogP contribution < -0.4 is 0 Å². The summed E-state index contributed by atoms with van der Waals surface area (Å²) >= 11 is 0. The monoisotopic (exact) mass is 1680 g/mol. The maximum absolute atomic E-state index is 12.6. The average molecular weight is 1680 g/mol. The first-order valence-corrected chi connectivity index (χ1v) is 45.3. The Hall–Kier alpha value is -0.950. The summed E-state index contributed by atoms with van der Waals surface area (Å²) in [6.45, 7) is 93.7. The van der Waals surface area contributed by atoms with Gasteiger partial charge in [-0.3, -0.25) is 0 Å². The minimum absolute atomic E-state index is 0.0451. The van der Waals surface area contributed by atoms with Gasteiger partial charge in [0.15, 0.2) is 5.60 Å². The maximum Gasteiger partial charge on any atom is 0.417 e. The molecule has 8 saturated heterocycles. The van der Waals surface area contributed by atoms with E-state index in [0.717, 1.165) is 88.5 Å². The zero-order chi connectivity index (χ0) is 91.0. The van der Waals surface area contributed by atoms with Gasteiger partial charge in [0.2, 0.25) is 0 Å². The molecule has 696 valence electrons. The Morgan fingerprint density at radius 2 is 0.621 bits per heavy atom. The standard InChI is InChI=1S/2C9H15F3O.C9H15F3.2C9H18O.C9H18.2C8H16O.C8H16.2C7H14O.C7H14/c1-7(2,3)4-8(5-13-6-8)9(10,11)12;1-7(2,3)6-8(4-5-13-8)9(10,11)12;1-7(2,3)6-8(4-5-8)9(10,11)12;1-8(2,3)5-9(4)6-10-7-9;1-8(2,3)7-9(4)5-6-10-9;1-8(2,3)7-9(4)5-6-9;1-8(2,3)4-7-5-9-6-7;1-8(2,3)6-7-4-5-9-7;1-8(2,3)6-7-4-5-7;1-7(2,3)6-4-8-5-6;1-7(2,3)6-4-5-8-6;1-7(2,3)6-4-5-6/h2*4-6H2,1-3H3;4-6H2,1-3H3;2*5-7H2,1-4H3;5-7H2,1-4H3;2*7H,4-6H2,1-3H3;7H,4-6H2,1-3H3;2*6H,4-5H2,1-3H3;6H,4-5H2,1-3H3. The Kier molecular flexibility index (Phi) is 41.9. The third kappa shape index (κ3) is 50.9. The van der Waals surface area contributed by atoms with Crippen LogP contribution in [0.1, 0.15) is 405 Å². The molecule has 4 saturated carbocycles. The molecule has 0 bridgehead atoms. The number of hydrogen-bond acceptors (Lipinski definition) is 8. The molecule has 4 aliphatic carbocycles. The lowest BCUT2D eigenvalue weighted by Crippen LogP contribution is -2.57. The first kappa shape index (κ1) is 113. The van der Waals surface area contributed by atoms with Crippen molar-refractivity contribution in [3.63, 3.8) is 0 Å². The number of rotatable bonds is 9. The van der Waals surface area contributed by atoms with Crippen molar-refractivity contribution in [1.29, 1.82) is 0 Å². The molecule has 4 atom stereocenters. The van der Waals surface area contributed by atoms with Crippen molar-refractivity contribution in [2.75, 3.05) is 79.3 Å². The van der Waals surface area contributed by atoms with Gasteiger partial charge < -0.3 is 37.9 Å². The molecule has 116 heavy (non-hydrogen) atoms. The lowest BCUT2D eigenvalue weighted by atomic mass is 9.72. The summed E-state index contributed by atoms with van der Waals surface area (Å²) in [7, 11) is 0. The topological polar surface area (TPSA) is 73.8 Å². The molecular formula is C99H189F9O8. The van der Waals surface area contributed by atoms with E-state index < -0.39 is 35.0 Å². The molecular weight excluding hydrogens is 1490 g/mol. The maximum atomic E-state index is 12.6. The summed E-state index contributed by atoms with van der Waals surface area (Å²) in [5.41, 5.74) is 0.188. The lowest BCUT2D eigenvalue weighted by Gasteiger charge is -2.46. The van der Waals surface area contributed by atoms with Crippen LogP contribution in [0.2, 0.25) is 0 Å². The van der Waals surface area contributed by atoms with Gasteiger partial charge in [0.25, 0.3) is 0 Å². The molecule has 4 unspecified atom stereocenters. The molecule has 0 aromatic heterocycles. The molecule has 0 spiro atoms. The van der Waals surface area contributed by atoms with Crippen molar-refractivity contribution >= 4 is 0 Å². The molecule has 0 radical (unpaired) electrons. The van der Waals surface area contributed by atoms with Gasteiger partial charge in [-0.1, -0.05) is 276 Å². The molecule has 12 rings (SSSR count). The van der Waals surface area contributed by atoms with E-state index in [4.69, 9.17) is 37.9 Å². The van der Waals surface area contributed by atoms with Crippen molar-refractivity contribution in [1.82, 2.24) is 0 Å². The van der Waals surface area contributed by atoms with E-state index in [-0.39, 0.29) is 67.3 Å². The molecule has 8 nitrogen and oxygen atoms in total. The van der Waals surface area contributed by atoms with Crippen LogP contribution in [0, 0.1) is 110 Å². The molecule has 0 aromatic carbocycles. The lowest BCUT2D eigenvalue weighted by molar-refractivity contribution is -0.333. The van der Waals surface area contributed by atoms with Gasteiger partial charge in [0, 0.05) is 36.9 Å². The number of ether oxygens (including phenoxy) is 8.